The Morgan fingerprint density at radius 2 is 0.737 bits per heavy atom. The Labute approximate surface area is 262 Å². The Morgan fingerprint density at radius 3 is 0.895 bits per heavy atom. The van der Waals surface area contributed by atoms with E-state index in [1.54, 1.807) is 0 Å². The molecular weight excluding hydrogens is 572 g/mol. The maximum atomic E-state index is 11.3. The molecule has 0 radical (unpaired) electrons. The third kappa shape index (κ3) is 12.7. The molecule has 0 heterocycles. The molecule has 0 aliphatic carbocycles. The fourth-order valence-corrected chi connectivity index (χ4v) is 2.97. The van der Waals surface area contributed by atoms with Gasteiger partial charge in [0, 0.05) is 24.3 Å². The number of rotatable bonds is 8. The Morgan fingerprint density at radius 1 is 0.526 bits per heavy atom. The van der Waals surface area contributed by atoms with Gasteiger partial charge in [-0.1, -0.05) is 0 Å². The van der Waals surface area contributed by atoms with Crippen molar-refractivity contribution < 1.29 is 125 Å². The number of carbonyl (C=O) groups excluding carboxylic acids is 4. The van der Waals surface area contributed by atoms with Gasteiger partial charge in [-0.25, -0.2) is 19.2 Å². The van der Waals surface area contributed by atoms with E-state index in [4.69, 9.17) is 0 Å². The molecule has 2 atom stereocenters. The van der Waals surface area contributed by atoms with Crippen LogP contribution in [0.15, 0.2) is 36.4 Å². The zero-order valence-electron chi connectivity index (χ0n) is 21.1. The summed E-state index contributed by atoms with van der Waals surface area (Å²) in [7, 11) is -1.69. The Balaban J connectivity index is 0. The maximum absolute atomic E-state index is 11.3. The van der Waals surface area contributed by atoms with Gasteiger partial charge in [0.05, 0.1) is 50.7 Å². The van der Waals surface area contributed by atoms with E-state index in [0.29, 0.717) is 0 Å². The zero-order valence-corrected chi connectivity index (χ0v) is 26.9. The molecule has 0 saturated heterocycles. The molecular formula is C20H18Na2O14P2+2. The van der Waals surface area contributed by atoms with Gasteiger partial charge in [-0.3, -0.25) is 9.05 Å². The number of hydrogen-bond acceptors (Lipinski definition) is 14. The zero-order chi connectivity index (χ0) is 27.4. The van der Waals surface area contributed by atoms with Crippen LogP contribution in [0.2, 0.25) is 0 Å². The molecule has 0 aromatic heterocycles. The minimum absolute atomic E-state index is 0. The molecule has 0 aliphatic heterocycles. The molecule has 0 fully saturated rings. The van der Waals surface area contributed by atoms with E-state index >= 15 is 0 Å². The summed E-state index contributed by atoms with van der Waals surface area (Å²) in [5.74, 6) is -3.26. The summed E-state index contributed by atoms with van der Waals surface area (Å²) in [4.78, 5) is 66.2. The van der Waals surface area contributed by atoms with E-state index in [0.717, 1.165) is 52.7 Å². The molecule has 2 unspecified atom stereocenters. The average molecular weight is 590 g/mol. The largest absolute Gasteiger partial charge is 1.00 e. The summed E-state index contributed by atoms with van der Waals surface area (Å²) < 4.78 is 47.6. The fraction of sp³-hybridized carbons (Fsp3) is 0.200. The molecule has 38 heavy (non-hydrogen) atoms. The van der Waals surface area contributed by atoms with Crippen molar-refractivity contribution in [2.75, 3.05) is 28.4 Å². The van der Waals surface area contributed by atoms with Crippen LogP contribution in [0.1, 0.15) is 41.4 Å². The van der Waals surface area contributed by atoms with Gasteiger partial charge in [-0.15, -0.1) is 0 Å². The van der Waals surface area contributed by atoms with Crippen molar-refractivity contribution in [1.29, 1.82) is 0 Å². The van der Waals surface area contributed by atoms with Gasteiger partial charge in [0.1, 0.15) is 0 Å². The number of hydrogen-bond donors (Lipinski definition) is 0. The van der Waals surface area contributed by atoms with Crippen LogP contribution in [0.5, 0.6) is 11.5 Å². The van der Waals surface area contributed by atoms with Crippen molar-refractivity contribution in [2.45, 2.75) is 0 Å². The first-order valence-corrected chi connectivity index (χ1v) is 11.4. The Hall–Kier alpha value is -1.96. The van der Waals surface area contributed by atoms with E-state index in [1.807, 2.05) is 0 Å². The number of ether oxygens (including phenoxy) is 4. The molecule has 14 nitrogen and oxygen atoms in total. The van der Waals surface area contributed by atoms with Crippen LogP contribution in [0, 0.1) is 0 Å². The minimum atomic E-state index is -3.15. The van der Waals surface area contributed by atoms with Crippen LogP contribution in [0.3, 0.4) is 0 Å². The van der Waals surface area contributed by atoms with Crippen molar-refractivity contribution in [3.05, 3.63) is 58.7 Å². The predicted molar refractivity (Wildman–Crippen MR) is 115 cm³/mol. The quantitative estimate of drug-likeness (QED) is 0.123. The molecule has 18 heteroatoms. The van der Waals surface area contributed by atoms with Gasteiger partial charge in [0.15, 0.2) is 11.5 Å². The van der Waals surface area contributed by atoms with Crippen molar-refractivity contribution in [1.82, 2.24) is 0 Å². The SMILES string of the molecule is COC(=O)c1cc(O[P+](=O)[O-])cc(C(=O)OC)c1.COC(=O)c1cc(O[P+](=O)[O-])cc(C(=O)OC)c1.[Na+].[Na+]. The minimum Gasteiger partial charge on any atom is -0.558 e. The third-order valence-corrected chi connectivity index (χ3v) is 4.58. The monoisotopic (exact) mass is 590 g/mol. The molecule has 2 rings (SSSR count). The van der Waals surface area contributed by atoms with Gasteiger partial charge < -0.3 is 28.7 Å². The van der Waals surface area contributed by atoms with Crippen LogP contribution in [-0.2, 0) is 28.1 Å². The Bertz CT molecular complexity index is 1030. The predicted octanol–water partition coefficient (Wildman–Crippen LogP) is -4.68. The third-order valence-electron chi connectivity index (χ3n) is 3.86. The van der Waals surface area contributed by atoms with Crippen LogP contribution in [0.25, 0.3) is 0 Å². The standard InChI is InChI=1S/2C10H9O7P.2Na/c2*1-15-9(11)6-3-7(10(12)16-2)5-8(4-6)17-18(13)14;;/h2*3-5H,1-2H3;;/q;;2*+1. The maximum Gasteiger partial charge on any atom is 1.00 e. The van der Waals surface area contributed by atoms with E-state index in [2.05, 4.69) is 28.0 Å². The molecule has 0 N–H and O–H groups in total. The summed E-state index contributed by atoms with van der Waals surface area (Å²) in [6, 6.07) is 6.99. The van der Waals surface area contributed by atoms with Crippen molar-refractivity contribution >= 4 is 40.4 Å². The first-order valence-electron chi connectivity index (χ1n) is 9.23. The normalized spacial score (nSPS) is 9.95. The van der Waals surface area contributed by atoms with E-state index in [9.17, 15) is 38.1 Å². The second kappa shape index (κ2) is 19.2. The second-order valence-corrected chi connectivity index (χ2v) is 7.35. The van der Waals surface area contributed by atoms with Gasteiger partial charge in [0.2, 0.25) is 0 Å². The summed E-state index contributed by atoms with van der Waals surface area (Å²) in [6.45, 7) is 0. The number of methoxy groups -OCH3 is 4. The van der Waals surface area contributed by atoms with E-state index in [-0.39, 0.29) is 92.9 Å². The van der Waals surface area contributed by atoms with Crippen molar-refractivity contribution in [3.63, 3.8) is 0 Å². The molecule has 0 aliphatic rings. The molecule has 2 aromatic carbocycles. The summed E-state index contributed by atoms with van der Waals surface area (Å²) in [6.07, 6.45) is 0. The number of esters is 4. The summed E-state index contributed by atoms with van der Waals surface area (Å²) in [5.41, 5.74) is -0.0843. The van der Waals surface area contributed by atoms with Gasteiger partial charge in [0.25, 0.3) is 0 Å². The molecule has 192 valence electrons. The van der Waals surface area contributed by atoms with Crippen molar-refractivity contribution in [3.8, 4) is 11.5 Å². The molecule has 0 spiro atoms. The van der Waals surface area contributed by atoms with E-state index in [1.165, 1.54) is 12.1 Å². The first-order chi connectivity index (χ1) is 16.9. The van der Waals surface area contributed by atoms with Crippen LogP contribution in [0.4, 0.5) is 0 Å². The average Bonchev–Trinajstić information content (AvgIpc) is 2.85. The Kier molecular flexibility index (Phi) is 19.2. The van der Waals surface area contributed by atoms with E-state index < -0.39 is 40.4 Å². The summed E-state index contributed by atoms with van der Waals surface area (Å²) in [5, 5.41) is 0. The molecule has 0 bridgehead atoms. The number of carbonyl (C=O) groups is 4. The van der Waals surface area contributed by atoms with Gasteiger partial charge >= 0.3 is 99.5 Å². The second-order valence-electron chi connectivity index (χ2n) is 6.09. The van der Waals surface area contributed by atoms with Gasteiger partial charge in [-0.05, 0) is 21.3 Å². The van der Waals surface area contributed by atoms with Crippen LogP contribution >= 0.6 is 16.5 Å². The van der Waals surface area contributed by atoms with Gasteiger partial charge in [-0.2, -0.15) is 0 Å². The van der Waals surface area contributed by atoms with Crippen LogP contribution < -0.4 is 77.9 Å². The number of benzene rings is 2. The first kappa shape index (κ1) is 38.2. The smallest absolute Gasteiger partial charge is 0.558 e. The molecule has 2 aromatic rings. The van der Waals surface area contributed by atoms with Crippen LogP contribution in [-0.4, -0.2) is 52.3 Å². The summed E-state index contributed by atoms with van der Waals surface area (Å²) >= 11 is 0. The topological polar surface area (TPSA) is 204 Å². The van der Waals surface area contributed by atoms with Crippen molar-refractivity contribution in [2.24, 2.45) is 0 Å². The molecule has 0 amide bonds. The fourth-order valence-electron chi connectivity index (χ4n) is 2.42. The molecule has 0 saturated carbocycles.